The van der Waals surface area contributed by atoms with Gasteiger partial charge >= 0.3 is 0 Å². The zero-order chi connectivity index (χ0) is 0. The Balaban J connectivity index is 0. The standard InChI is InChI=1S/CH4.Si.Ti.Zr/h1H4;;;. The second-order valence-corrected chi connectivity index (χ2v) is 0. The molecule has 0 heterocycles. The first kappa shape index (κ1) is 40.9. The zero-order valence-electron chi connectivity index (χ0n) is 1.50. The summed E-state index contributed by atoms with van der Waals surface area (Å²) in [4.78, 5) is 0. The van der Waals surface area contributed by atoms with Crippen molar-refractivity contribution in [2.24, 2.45) is 0 Å². The van der Waals surface area contributed by atoms with Crippen molar-refractivity contribution in [2.45, 2.75) is 7.43 Å². The van der Waals surface area contributed by atoms with Crippen molar-refractivity contribution >= 4 is 11.0 Å². The average Bonchev–Trinajstić information content (AvgIpc) is 0. The summed E-state index contributed by atoms with van der Waals surface area (Å²) in [6, 6.07) is 0. The van der Waals surface area contributed by atoms with Gasteiger partial charge in [0.2, 0.25) is 0 Å². The van der Waals surface area contributed by atoms with E-state index in [0.717, 1.165) is 0 Å². The Morgan fingerprint density at radius 2 is 1.00 bits per heavy atom. The quantitative estimate of drug-likeness (QED) is 0.472. The van der Waals surface area contributed by atoms with Crippen LogP contribution in [0, 0.1) is 0 Å². The molecule has 20 valence electrons. The smallest absolute Gasteiger partial charge is 0 e. The minimum absolute atomic E-state index is 0. The Kier molecular flexibility index (Phi) is 218. The van der Waals surface area contributed by atoms with Crippen LogP contribution in [0.15, 0.2) is 0 Å². The van der Waals surface area contributed by atoms with Crippen molar-refractivity contribution in [2.75, 3.05) is 0 Å². The van der Waals surface area contributed by atoms with Gasteiger partial charge in [-0.15, -0.1) is 0 Å². The molecule has 0 bridgehead atoms. The van der Waals surface area contributed by atoms with Crippen LogP contribution in [0.2, 0.25) is 0 Å². The normalized spacial score (nSPS) is 0. The molecule has 4 heavy (non-hydrogen) atoms. The van der Waals surface area contributed by atoms with E-state index in [4.69, 9.17) is 0 Å². The maximum Gasteiger partial charge on any atom is 0 e. The van der Waals surface area contributed by atoms with Gasteiger partial charge in [0.05, 0.1) is 0 Å². The summed E-state index contributed by atoms with van der Waals surface area (Å²) >= 11 is 0. The van der Waals surface area contributed by atoms with E-state index in [0.29, 0.717) is 0 Å². The Morgan fingerprint density at radius 3 is 1.00 bits per heavy atom. The molecule has 0 aliphatic carbocycles. The first-order valence-electron chi connectivity index (χ1n) is 0. The molecular formula is CH4SiTiZr. The Morgan fingerprint density at radius 1 is 1.00 bits per heavy atom. The number of rotatable bonds is 0. The zero-order valence-corrected chi connectivity index (χ0v) is 6.52. The Labute approximate surface area is 65.8 Å². The first-order chi connectivity index (χ1) is 0. The van der Waals surface area contributed by atoms with Gasteiger partial charge in [-0.1, -0.05) is 7.43 Å². The van der Waals surface area contributed by atoms with Gasteiger partial charge in [-0.05, 0) is 0 Å². The Bertz CT molecular complexity index is 8.00. The molecule has 0 aliphatic heterocycles. The summed E-state index contributed by atoms with van der Waals surface area (Å²) in [6.07, 6.45) is 0. The summed E-state index contributed by atoms with van der Waals surface area (Å²) in [5, 5.41) is 0. The summed E-state index contributed by atoms with van der Waals surface area (Å²) in [7, 11) is 0. The summed E-state index contributed by atoms with van der Waals surface area (Å²) in [5.41, 5.74) is 0. The van der Waals surface area contributed by atoms with Gasteiger partial charge in [0.25, 0.3) is 0 Å². The van der Waals surface area contributed by atoms with Gasteiger partial charge in [-0.3, -0.25) is 0 Å². The number of hydrogen-bond acceptors (Lipinski definition) is 0. The summed E-state index contributed by atoms with van der Waals surface area (Å²) < 4.78 is 0. The van der Waals surface area contributed by atoms with E-state index in [1.54, 1.807) is 0 Å². The molecule has 0 N–H and O–H groups in total. The van der Waals surface area contributed by atoms with Crippen molar-refractivity contribution in [3.05, 3.63) is 0 Å². The topological polar surface area (TPSA) is 0 Å². The molecule has 0 aromatic heterocycles. The van der Waals surface area contributed by atoms with E-state index in [1.165, 1.54) is 0 Å². The van der Waals surface area contributed by atoms with E-state index in [9.17, 15) is 0 Å². The van der Waals surface area contributed by atoms with E-state index in [1.807, 2.05) is 0 Å². The van der Waals surface area contributed by atoms with Gasteiger partial charge in [0.1, 0.15) is 0 Å². The van der Waals surface area contributed by atoms with Crippen LogP contribution in [-0.4, -0.2) is 11.0 Å². The maximum atomic E-state index is 0. The minimum atomic E-state index is 0. The molecule has 4 radical (unpaired) electrons. The van der Waals surface area contributed by atoms with Crippen molar-refractivity contribution < 1.29 is 47.9 Å². The van der Waals surface area contributed by atoms with Crippen LogP contribution < -0.4 is 0 Å². The fraction of sp³-hybridized carbons (Fsp3) is 1.00. The molecule has 0 fully saturated rings. The third-order valence-electron chi connectivity index (χ3n) is 0. The third kappa shape index (κ3) is 9.18. The predicted octanol–water partition coefficient (Wildman–Crippen LogP) is 0.250. The molecule has 0 rings (SSSR count). The van der Waals surface area contributed by atoms with E-state index in [-0.39, 0.29) is 66.3 Å². The molecule has 0 saturated carbocycles. The molecule has 0 spiro atoms. The monoisotopic (exact) mass is 182 g/mol. The third-order valence-corrected chi connectivity index (χ3v) is 0. The van der Waals surface area contributed by atoms with Crippen LogP contribution in [-0.2, 0) is 47.9 Å². The first-order valence-corrected chi connectivity index (χ1v) is 0. The van der Waals surface area contributed by atoms with Gasteiger partial charge in [0.15, 0.2) is 0 Å². The van der Waals surface area contributed by atoms with Crippen LogP contribution in [0.1, 0.15) is 7.43 Å². The van der Waals surface area contributed by atoms with Crippen LogP contribution >= 0.6 is 0 Å². The molecule has 0 aromatic carbocycles. The second-order valence-electron chi connectivity index (χ2n) is 0. The molecule has 0 nitrogen and oxygen atoms in total. The minimum Gasteiger partial charge on any atom is -0.0776 e. The van der Waals surface area contributed by atoms with E-state index < -0.39 is 0 Å². The van der Waals surface area contributed by atoms with Gasteiger partial charge < -0.3 is 0 Å². The number of hydrogen-bond donors (Lipinski definition) is 0. The van der Waals surface area contributed by atoms with Crippen LogP contribution in [0.5, 0.6) is 0 Å². The van der Waals surface area contributed by atoms with Crippen molar-refractivity contribution in [1.82, 2.24) is 0 Å². The van der Waals surface area contributed by atoms with Crippen molar-refractivity contribution in [3.8, 4) is 0 Å². The fourth-order valence-corrected chi connectivity index (χ4v) is 0. The SMILES string of the molecule is C.[Si].[Ti].[Zr]. The predicted molar refractivity (Wildman–Crippen MR) is 12.5 cm³/mol. The fourth-order valence-electron chi connectivity index (χ4n) is 0. The molecule has 0 amide bonds. The molecule has 0 saturated heterocycles. The van der Waals surface area contributed by atoms with Gasteiger partial charge in [-0.25, -0.2) is 0 Å². The van der Waals surface area contributed by atoms with Gasteiger partial charge in [0, 0.05) is 58.9 Å². The van der Waals surface area contributed by atoms with Crippen molar-refractivity contribution in [1.29, 1.82) is 0 Å². The van der Waals surface area contributed by atoms with Crippen LogP contribution in [0.25, 0.3) is 0 Å². The second kappa shape index (κ2) is 21.3. The molecular weight excluding hydrogens is 179 g/mol. The summed E-state index contributed by atoms with van der Waals surface area (Å²) in [6.45, 7) is 0. The van der Waals surface area contributed by atoms with Crippen LogP contribution in [0.3, 0.4) is 0 Å². The molecule has 3 heteroatoms. The molecule has 0 unspecified atom stereocenters. The average molecular weight is 183 g/mol. The van der Waals surface area contributed by atoms with Crippen LogP contribution in [0.4, 0.5) is 0 Å². The molecule has 0 atom stereocenters. The maximum absolute atomic E-state index is 0. The molecule has 0 aliphatic rings. The summed E-state index contributed by atoms with van der Waals surface area (Å²) in [5.74, 6) is 0. The van der Waals surface area contributed by atoms with Gasteiger partial charge in [-0.2, -0.15) is 0 Å². The molecule has 0 aromatic rings. The van der Waals surface area contributed by atoms with E-state index in [2.05, 4.69) is 0 Å². The van der Waals surface area contributed by atoms with E-state index >= 15 is 0 Å². The van der Waals surface area contributed by atoms with Crippen molar-refractivity contribution in [3.63, 3.8) is 0 Å². The Hall–Kier alpha value is 1.81. The largest absolute Gasteiger partial charge is 0.0776 e.